The van der Waals surface area contributed by atoms with Gasteiger partial charge >= 0.3 is 0 Å². The molecule has 0 spiro atoms. The molecule has 2 aliphatic rings. The van der Waals surface area contributed by atoms with Crippen LogP contribution in [0.15, 0.2) is 42.5 Å². The Morgan fingerprint density at radius 2 is 1.12 bits per heavy atom. The summed E-state index contributed by atoms with van der Waals surface area (Å²) in [6, 6.07) is 15.7. The molecule has 0 heterocycles. The monoisotopic (exact) mass is 467 g/mol. The lowest BCUT2D eigenvalue weighted by molar-refractivity contribution is 0.231. The molecule has 2 aliphatic carbocycles. The first kappa shape index (κ1) is 24.6. The van der Waals surface area contributed by atoms with E-state index in [1.807, 2.05) is 0 Å². The van der Waals surface area contributed by atoms with Crippen LogP contribution in [0.25, 0.3) is 11.1 Å². The summed E-state index contributed by atoms with van der Waals surface area (Å²) in [5.41, 5.74) is 4.35. The summed E-state index contributed by atoms with van der Waals surface area (Å²) in [7, 11) is -0.700. The molecule has 0 atom stereocenters. The molecule has 0 bridgehead atoms. The Morgan fingerprint density at radius 3 is 1.61 bits per heavy atom. The van der Waals surface area contributed by atoms with Gasteiger partial charge in [-0.15, -0.1) is 0 Å². The first-order chi connectivity index (χ1) is 16.0. The third-order valence-corrected chi connectivity index (χ3v) is 11.3. The average Bonchev–Trinajstić information content (AvgIpc) is 2.81. The average molecular weight is 468 g/mol. The van der Waals surface area contributed by atoms with Gasteiger partial charge in [-0.3, -0.25) is 0 Å². The highest BCUT2D eigenvalue weighted by atomic mass is 31.1. The van der Waals surface area contributed by atoms with E-state index in [0.717, 1.165) is 22.8 Å². The van der Waals surface area contributed by atoms with Gasteiger partial charge in [0.05, 0.1) is 29.1 Å². The third kappa shape index (κ3) is 6.13. The molecule has 0 amide bonds. The van der Waals surface area contributed by atoms with Crippen molar-refractivity contribution in [2.45, 2.75) is 115 Å². The van der Waals surface area contributed by atoms with E-state index in [1.165, 1.54) is 75.3 Å². The predicted octanol–water partition coefficient (Wildman–Crippen LogP) is 8.43. The maximum atomic E-state index is 6.38. The second kappa shape index (κ2) is 11.7. The topological polar surface area (TPSA) is 18.5 Å². The third-order valence-electron chi connectivity index (χ3n) is 7.31. The fourth-order valence-corrected chi connectivity index (χ4v) is 10.4. The van der Waals surface area contributed by atoms with Gasteiger partial charge in [0.25, 0.3) is 0 Å². The fourth-order valence-electron chi connectivity index (χ4n) is 6.03. The van der Waals surface area contributed by atoms with Gasteiger partial charge in [-0.25, -0.2) is 0 Å². The molecule has 2 fully saturated rings. The highest BCUT2D eigenvalue weighted by molar-refractivity contribution is 7.67. The Labute approximate surface area is 203 Å². The quantitative estimate of drug-likeness (QED) is 0.363. The Morgan fingerprint density at radius 1 is 0.636 bits per heavy atom. The van der Waals surface area contributed by atoms with Crippen molar-refractivity contribution in [3.63, 3.8) is 0 Å². The van der Waals surface area contributed by atoms with Crippen LogP contribution in [0.2, 0.25) is 0 Å². The second-order valence-electron chi connectivity index (χ2n) is 10.6. The van der Waals surface area contributed by atoms with Crippen LogP contribution >= 0.6 is 7.92 Å². The lowest BCUT2D eigenvalue weighted by atomic mass is 9.99. The molecule has 0 unspecified atom stereocenters. The van der Waals surface area contributed by atoms with Crippen molar-refractivity contribution in [1.29, 1.82) is 0 Å². The zero-order valence-corrected chi connectivity index (χ0v) is 22.2. The Balaban J connectivity index is 1.84. The van der Waals surface area contributed by atoms with Gasteiger partial charge in [0.1, 0.15) is 16.8 Å². The van der Waals surface area contributed by atoms with Crippen molar-refractivity contribution < 1.29 is 9.47 Å². The van der Waals surface area contributed by atoms with E-state index < -0.39 is 7.92 Å². The van der Waals surface area contributed by atoms with Crippen LogP contribution in [0.4, 0.5) is 0 Å². The standard InChI is InChI=1S/C30H43O2P/c1-22(2)31-27-19-13-20-28(32-23(3)4)30(27)26-18-11-12-21-29(26)33(24-14-7-5-8-15-24)25-16-9-6-10-17-25/h11-13,18-25H,5-10,14-17H2,1-4H3/p+1. The Bertz CT molecular complexity index is 832. The lowest BCUT2D eigenvalue weighted by Gasteiger charge is -2.33. The minimum atomic E-state index is -0.700. The van der Waals surface area contributed by atoms with E-state index in [9.17, 15) is 0 Å². The molecule has 2 saturated carbocycles. The van der Waals surface area contributed by atoms with Gasteiger partial charge in [0.2, 0.25) is 0 Å². The van der Waals surface area contributed by atoms with E-state index in [-0.39, 0.29) is 12.2 Å². The molecule has 3 heteroatoms. The zero-order chi connectivity index (χ0) is 23.2. The lowest BCUT2D eigenvalue weighted by Crippen LogP contribution is -2.27. The molecule has 2 aromatic rings. The molecular weight excluding hydrogens is 423 g/mol. The molecule has 0 saturated heterocycles. The molecule has 180 valence electrons. The van der Waals surface area contributed by atoms with Crippen LogP contribution in [0.3, 0.4) is 0 Å². The van der Waals surface area contributed by atoms with Crippen molar-refractivity contribution in [2.75, 3.05) is 0 Å². The summed E-state index contributed by atoms with van der Waals surface area (Å²) in [5, 5.41) is 1.63. The Kier molecular flexibility index (Phi) is 8.75. The number of ether oxygens (including phenoxy) is 2. The van der Waals surface area contributed by atoms with Gasteiger partial charge in [-0.1, -0.05) is 37.1 Å². The van der Waals surface area contributed by atoms with Crippen LogP contribution in [-0.4, -0.2) is 23.5 Å². The van der Waals surface area contributed by atoms with Crippen LogP contribution < -0.4 is 14.8 Å². The van der Waals surface area contributed by atoms with Gasteiger partial charge in [-0.05, 0) is 97.3 Å². The summed E-state index contributed by atoms with van der Waals surface area (Å²) >= 11 is 0. The van der Waals surface area contributed by atoms with Gasteiger partial charge < -0.3 is 9.47 Å². The van der Waals surface area contributed by atoms with Crippen LogP contribution in [0, 0.1) is 0 Å². The minimum Gasteiger partial charge on any atom is -0.490 e. The van der Waals surface area contributed by atoms with E-state index >= 15 is 0 Å². The molecule has 4 rings (SSSR count). The second-order valence-corrected chi connectivity index (χ2v) is 13.7. The van der Waals surface area contributed by atoms with Crippen molar-refractivity contribution in [3.8, 4) is 22.6 Å². The summed E-state index contributed by atoms with van der Waals surface area (Å²) < 4.78 is 12.8. The van der Waals surface area contributed by atoms with Crippen LogP contribution in [0.1, 0.15) is 91.9 Å². The summed E-state index contributed by atoms with van der Waals surface area (Å²) in [6.45, 7) is 8.46. The number of hydrogen-bond acceptors (Lipinski definition) is 2. The molecular formula is C30H44O2P+. The molecule has 0 aliphatic heterocycles. The van der Waals surface area contributed by atoms with E-state index in [1.54, 1.807) is 5.30 Å². The summed E-state index contributed by atoms with van der Waals surface area (Å²) in [6.07, 6.45) is 14.5. The Hall–Kier alpha value is -1.53. The molecule has 2 aromatic carbocycles. The van der Waals surface area contributed by atoms with Gasteiger partial charge in [0.15, 0.2) is 0 Å². The highest BCUT2D eigenvalue weighted by Crippen LogP contribution is 2.57. The van der Waals surface area contributed by atoms with Crippen molar-refractivity contribution in [1.82, 2.24) is 0 Å². The summed E-state index contributed by atoms with van der Waals surface area (Å²) in [4.78, 5) is 0. The summed E-state index contributed by atoms with van der Waals surface area (Å²) in [5.74, 6) is 1.92. The maximum Gasteiger partial charge on any atom is 0.131 e. The van der Waals surface area contributed by atoms with Gasteiger partial charge in [-0.2, -0.15) is 0 Å². The van der Waals surface area contributed by atoms with Crippen LogP contribution in [-0.2, 0) is 0 Å². The van der Waals surface area contributed by atoms with Crippen molar-refractivity contribution >= 4 is 13.2 Å². The SMILES string of the molecule is CC(C)Oc1cccc(OC(C)C)c1-c1ccccc1[PH+](C1CCCCC1)C1CCCCC1. The van der Waals surface area contributed by atoms with E-state index in [2.05, 4.69) is 70.2 Å². The fraction of sp³-hybridized carbons (Fsp3) is 0.600. The molecule has 33 heavy (non-hydrogen) atoms. The normalized spacial score (nSPS) is 18.3. The van der Waals surface area contributed by atoms with E-state index in [4.69, 9.17) is 9.47 Å². The van der Waals surface area contributed by atoms with Gasteiger partial charge in [0, 0.05) is 13.5 Å². The molecule has 0 aromatic heterocycles. The molecule has 2 nitrogen and oxygen atoms in total. The number of benzene rings is 2. The number of rotatable bonds is 8. The predicted molar refractivity (Wildman–Crippen MR) is 145 cm³/mol. The van der Waals surface area contributed by atoms with E-state index in [0.29, 0.717) is 0 Å². The smallest absolute Gasteiger partial charge is 0.131 e. The molecule has 0 radical (unpaired) electrons. The largest absolute Gasteiger partial charge is 0.490 e. The van der Waals surface area contributed by atoms with Crippen molar-refractivity contribution in [3.05, 3.63) is 42.5 Å². The number of hydrogen-bond donors (Lipinski definition) is 0. The first-order valence-electron chi connectivity index (χ1n) is 13.5. The molecule has 0 N–H and O–H groups in total. The first-order valence-corrected chi connectivity index (χ1v) is 15.1. The minimum absolute atomic E-state index is 0.131. The van der Waals surface area contributed by atoms with Crippen LogP contribution in [0.5, 0.6) is 11.5 Å². The van der Waals surface area contributed by atoms with Crippen molar-refractivity contribution in [2.24, 2.45) is 0 Å². The maximum absolute atomic E-state index is 6.38. The zero-order valence-electron chi connectivity index (χ0n) is 21.2. The highest BCUT2D eigenvalue weighted by Gasteiger charge is 2.41.